The molecule has 0 aliphatic heterocycles. The number of pyridine rings is 1. The zero-order chi connectivity index (χ0) is 13.8. The van der Waals surface area contributed by atoms with Gasteiger partial charge in [-0.15, -0.1) is 0 Å². The topological polar surface area (TPSA) is 50.9 Å². The molecule has 0 radical (unpaired) electrons. The first kappa shape index (κ1) is 13.6. The summed E-state index contributed by atoms with van der Waals surface area (Å²) in [6.07, 6.45) is 4.13. The average Bonchev–Trinajstić information content (AvgIpc) is 2.39. The van der Waals surface area contributed by atoms with E-state index in [2.05, 4.69) is 10.4 Å². The van der Waals surface area contributed by atoms with E-state index >= 15 is 0 Å². The predicted octanol–water partition coefficient (Wildman–Crippen LogP) is 2.47. The van der Waals surface area contributed by atoms with Crippen LogP contribution in [0.4, 0.5) is 8.78 Å². The van der Waals surface area contributed by atoms with Gasteiger partial charge in [-0.05, 0) is 41.3 Å². The largest absolute Gasteiger partial charge is 0.271 e. The van der Waals surface area contributed by atoms with E-state index in [0.717, 1.165) is 23.6 Å². The lowest BCUT2D eigenvalue weighted by Crippen LogP contribution is -2.29. The number of aryl methyl sites for hydroxylation is 1. The normalized spacial score (nSPS) is 12.4. The van der Waals surface area contributed by atoms with Crippen molar-refractivity contribution in [3.8, 4) is 0 Å². The van der Waals surface area contributed by atoms with Crippen LogP contribution in [-0.2, 0) is 6.42 Å². The van der Waals surface area contributed by atoms with E-state index < -0.39 is 17.7 Å². The molecule has 0 saturated heterocycles. The highest BCUT2D eigenvalue weighted by Gasteiger charge is 2.17. The molecule has 5 heteroatoms. The minimum Gasteiger partial charge on any atom is -0.271 e. The van der Waals surface area contributed by atoms with Crippen LogP contribution in [0.15, 0.2) is 36.7 Å². The number of hydrazine groups is 1. The smallest absolute Gasteiger partial charge is 0.126 e. The van der Waals surface area contributed by atoms with Crippen LogP contribution in [0.3, 0.4) is 0 Å². The predicted molar refractivity (Wildman–Crippen MR) is 69.1 cm³/mol. The Morgan fingerprint density at radius 3 is 2.53 bits per heavy atom. The quantitative estimate of drug-likeness (QED) is 0.658. The van der Waals surface area contributed by atoms with Gasteiger partial charge < -0.3 is 0 Å². The van der Waals surface area contributed by atoms with Gasteiger partial charge in [-0.1, -0.05) is 6.92 Å². The molecule has 0 amide bonds. The monoisotopic (exact) mass is 263 g/mol. The Kier molecular flexibility index (Phi) is 4.19. The van der Waals surface area contributed by atoms with Gasteiger partial charge in [-0.25, -0.2) is 14.2 Å². The van der Waals surface area contributed by atoms with Crippen molar-refractivity contribution in [3.63, 3.8) is 0 Å². The Bertz CT molecular complexity index is 552. The molecular formula is C14H15F2N3. The fourth-order valence-electron chi connectivity index (χ4n) is 2.12. The minimum atomic E-state index is -0.623. The zero-order valence-corrected chi connectivity index (χ0v) is 10.5. The molecule has 1 atom stereocenters. The summed E-state index contributed by atoms with van der Waals surface area (Å²) in [7, 11) is 0. The summed E-state index contributed by atoms with van der Waals surface area (Å²) >= 11 is 0. The van der Waals surface area contributed by atoms with E-state index in [1.54, 1.807) is 18.5 Å². The number of aromatic nitrogens is 1. The van der Waals surface area contributed by atoms with Gasteiger partial charge in [0.2, 0.25) is 0 Å². The summed E-state index contributed by atoms with van der Waals surface area (Å²) in [5, 5.41) is 0. The molecule has 0 aliphatic rings. The molecule has 0 spiro atoms. The van der Waals surface area contributed by atoms with Crippen molar-refractivity contribution in [3.05, 3.63) is 65.0 Å². The first-order valence-corrected chi connectivity index (χ1v) is 6.00. The lowest BCUT2D eigenvalue weighted by atomic mass is 9.95. The Morgan fingerprint density at radius 2 is 1.95 bits per heavy atom. The maximum Gasteiger partial charge on any atom is 0.126 e. The molecule has 3 N–H and O–H groups in total. The third-order valence-electron chi connectivity index (χ3n) is 3.02. The van der Waals surface area contributed by atoms with Gasteiger partial charge in [0.15, 0.2) is 0 Å². The number of nitrogens with zero attached hydrogens (tertiary/aromatic N) is 1. The van der Waals surface area contributed by atoms with E-state index in [0.29, 0.717) is 5.56 Å². The van der Waals surface area contributed by atoms with Crippen LogP contribution in [-0.4, -0.2) is 4.98 Å². The second kappa shape index (κ2) is 5.86. The third kappa shape index (κ3) is 2.94. The minimum absolute atomic E-state index is 0.445. The number of hydrogen-bond donors (Lipinski definition) is 2. The molecule has 2 aromatic rings. The maximum atomic E-state index is 13.3. The molecule has 0 bridgehead atoms. The second-order valence-corrected chi connectivity index (χ2v) is 4.23. The number of halogens is 2. The van der Waals surface area contributed by atoms with Gasteiger partial charge in [0.1, 0.15) is 11.6 Å². The van der Waals surface area contributed by atoms with E-state index in [-0.39, 0.29) is 0 Å². The van der Waals surface area contributed by atoms with Crippen LogP contribution in [0, 0.1) is 11.6 Å². The van der Waals surface area contributed by atoms with Gasteiger partial charge in [0.05, 0.1) is 6.04 Å². The van der Waals surface area contributed by atoms with Crippen molar-refractivity contribution in [2.75, 3.05) is 0 Å². The zero-order valence-electron chi connectivity index (χ0n) is 10.5. The van der Waals surface area contributed by atoms with Gasteiger partial charge in [-0.2, -0.15) is 0 Å². The van der Waals surface area contributed by atoms with E-state index in [9.17, 15) is 8.78 Å². The van der Waals surface area contributed by atoms with Crippen LogP contribution in [0.25, 0.3) is 0 Å². The molecule has 0 saturated carbocycles. The lowest BCUT2D eigenvalue weighted by Gasteiger charge is -2.19. The van der Waals surface area contributed by atoms with Crippen molar-refractivity contribution >= 4 is 0 Å². The number of rotatable bonds is 4. The Balaban J connectivity index is 2.49. The molecule has 1 unspecified atom stereocenters. The molecule has 100 valence electrons. The summed E-state index contributed by atoms with van der Waals surface area (Å²) in [5.74, 6) is 4.30. The summed E-state index contributed by atoms with van der Waals surface area (Å²) < 4.78 is 26.6. The van der Waals surface area contributed by atoms with E-state index in [1.807, 2.05) is 6.92 Å². The van der Waals surface area contributed by atoms with E-state index in [1.165, 1.54) is 12.1 Å². The summed E-state index contributed by atoms with van der Waals surface area (Å²) in [6.45, 7) is 1.99. The van der Waals surface area contributed by atoms with Gasteiger partial charge >= 0.3 is 0 Å². The van der Waals surface area contributed by atoms with Crippen LogP contribution >= 0.6 is 0 Å². The molecule has 0 fully saturated rings. The van der Waals surface area contributed by atoms with Crippen LogP contribution in [0.5, 0.6) is 0 Å². The number of benzene rings is 1. The first-order chi connectivity index (χ1) is 9.15. The van der Waals surface area contributed by atoms with Crippen molar-refractivity contribution in [2.24, 2.45) is 5.84 Å². The van der Waals surface area contributed by atoms with Crippen LogP contribution < -0.4 is 11.3 Å². The van der Waals surface area contributed by atoms with Crippen LogP contribution in [0.1, 0.15) is 29.7 Å². The molecule has 3 nitrogen and oxygen atoms in total. The van der Waals surface area contributed by atoms with E-state index in [4.69, 9.17) is 5.84 Å². The Labute approximate surface area is 110 Å². The number of nitrogens with one attached hydrogen (secondary N) is 1. The fourth-order valence-corrected chi connectivity index (χ4v) is 2.12. The fraction of sp³-hybridized carbons (Fsp3) is 0.214. The maximum absolute atomic E-state index is 13.3. The third-order valence-corrected chi connectivity index (χ3v) is 3.02. The highest BCUT2D eigenvalue weighted by atomic mass is 19.1. The molecule has 1 aromatic carbocycles. The Hall–Kier alpha value is -1.85. The molecule has 1 aromatic heterocycles. The molecule has 1 heterocycles. The highest BCUT2D eigenvalue weighted by molar-refractivity contribution is 5.36. The summed E-state index contributed by atoms with van der Waals surface area (Å²) in [5.41, 5.74) is 4.90. The average molecular weight is 263 g/mol. The lowest BCUT2D eigenvalue weighted by molar-refractivity contribution is 0.565. The molecular weight excluding hydrogens is 248 g/mol. The van der Waals surface area contributed by atoms with Crippen LogP contribution in [0.2, 0.25) is 0 Å². The van der Waals surface area contributed by atoms with Crippen molar-refractivity contribution in [1.82, 2.24) is 10.4 Å². The van der Waals surface area contributed by atoms with Gasteiger partial charge in [-0.3, -0.25) is 10.8 Å². The number of nitrogens with two attached hydrogens (primary N) is 1. The SMILES string of the molecule is CCc1cnccc1C(NN)c1cc(F)cc(F)c1. The molecule has 19 heavy (non-hydrogen) atoms. The summed E-state index contributed by atoms with van der Waals surface area (Å²) in [4.78, 5) is 4.04. The van der Waals surface area contributed by atoms with Crippen molar-refractivity contribution < 1.29 is 8.78 Å². The first-order valence-electron chi connectivity index (χ1n) is 6.00. The van der Waals surface area contributed by atoms with Crippen molar-refractivity contribution in [1.29, 1.82) is 0 Å². The van der Waals surface area contributed by atoms with Crippen molar-refractivity contribution in [2.45, 2.75) is 19.4 Å². The standard InChI is InChI=1S/C14H15F2N3/c1-2-9-8-18-4-3-13(9)14(19-17)10-5-11(15)7-12(16)6-10/h3-8,14,19H,2,17H2,1H3. The summed E-state index contributed by atoms with van der Waals surface area (Å²) in [6, 6.07) is 4.71. The van der Waals surface area contributed by atoms with Gasteiger partial charge in [0.25, 0.3) is 0 Å². The molecule has 2 rings (SSSR count). The molecule has 0 aliphatic carbocycles. The second-order valence-electron chi connectivity index (χ2n) is 4.23. The van der Waals surface area contributed by atoms with Gasteiger partial charge in [0, 0.05) is 18.5 Å². The number of hydrogen-bond acceptors (Lipinski definition) is 3. The highest BCUT2D eigenvalue weighted by Crippen LogP contribution is 2.25. The Morgan fingerprint density at radius 1 is 1.26 bits per heavy atom.